The molecule has 1 fully saturated rings. The van der Waals surface area contributed by atoms with E-state index in [1.54, 1.807) is 0 Å². The summed E-state index contributed by atoms with van der Waals surface area (Å²) >= 11 is 1.29. The molecule has 0 unspecified atom stereocenters. The van der Waals surface area contributed by atoms with Gasteiger partial charge in [0.05, 0.1) is 0 Å². The topological polar surface area (TPSA) is 52.9 Å². The van der Waals surface area contributed by atoms with Crippen LogP contribution in [-0.2, 0) is 0 Å². The highest BCUT2D eigenvalue weighted by atomic mass is 32.2. The average molecular weight is 260 g/mol. The van der Waals surface area contributed by atoms with Crippen molar-refractivity contribution in [3.05, 3.63) is 35.9 Å². The van der Waals surface area contributed by atoms with E-state index < -0.39 is 0 Å². The molecule has 0 aliphatic heterocycles. The van der Waals surface area contributed by atoms with Gasteiger partial charge in [-0.15, -0.1) is 0 Å². The third-order valence-electron chi connectivity index (χ3n) is 3.26. The first-order chi connectivity index (χ1) is 8.81. The monoisotopic (exact) mass is 260 g/mol. The first-order valence-electron chi connectivity index (χ1n) is 6.22. The van der Waals surface area contributed by atoms with Crippen molar-refractivity contribution in [1.82, 2.24) is 5.32 Å². The Kier molecular flexibility index (Phi) is 4.66. The summed E-state index contributed by atoms with van der Waals surface area (Å²) in [5, 5.41) is 14.2. The maximum atomic E-state index is 12.1. The number of carbonyl (C=O) groups is 1. The van der Waals surface area contributed by atoms with Crippen molar-refractivity contribution >= 4 is 17.7 Å². The fraction of sp³-hybridized carbons (Fsp3) is 0.429. The maximum absolute atomic E-state index is 12.1. The van der Waals surface area contributed by atoms with Crippen molar-refractivity contribution < 1.29 is 4.79 Å². The minimum Gasteiger partial charge on any atom is -0.348 e. The van der Waals surface area contributed by atoms with E-state index in [0.29, 0.717) is 5.56 Å². The molecule has 94 valence electrons. The van der Waals surface area contributed by atoms with Crippen molar-refractivity contribution in [1.29, 1.82) is 5.26 Å². The van der Waals surface area contributed by atoms with Gasteiger partial charge in [0.1, 0.15) is 5.40 Å². The fourth-order valence-electron chi connectivity index (χ4n) is 2.31. The van der Waals surface area contributed by atoms with Gasteiger partial charge in [-0.05, 0) is 36.7 Å². The lowest BCUT2D eigenvalue weighted by Gasteiger charge is -2.29. The number of rotatable bonds is 3. The molecule has 1 aromatic carbocycles. The maximum Gasteiger partial charge on any atom is 0.251 e. The highest BCUT2D eigenvalue weighted by molar-refractivity contribution is 8.04. The molecule has 1 saturated carbocycles. The zero-order chi connectivity index (χ0) is 12.8. The number of carbonyl (C=O) groups excluding carboxylic acids is 1. The summed E-state index contributed by atoms with van der Waals surface area (Å²) in [4.78, 5) is 12.1. The molecule has 0 heterocycles. The molecule has 1 aromatic rings. The normalized spacial score (nSPS) is 23.1. The van der Waals surface area contributed by atoms with E-state index >= 15 is 0 Å². The highest BCUT2D eigenvalue weighted by Crippen LogP contribution is 2.28. The van der Waals surface area contributed by atoms with Crippen molar-refractivity contribution in [3.63, 3.8) is 0 Å². The van der Waals surface area contributed by atoms with Crippen molar-refractivity contribution in [2.45, 2.75) is 37.0 Å². The average Bonchev–Trinajstić information content (AvgIpc) is 2.42. The Morgan fingerprint density at radius 2 is 2.00 bits per heavy atom. The van der Waals surface area contributed by atoms with Gasteiger partial charge in [-0.2, -0.15) is 5.26 Å². The van der Waals surface area contributed by atoms with Crippen LogP contribution in [0.4, 0.5) is 0 Å². The minimum atomic E-state index is -0.0361. The highest BCUT2D eigenvalue weighted by Gasteiger charge is 2.27. The van der Waals surface area contributed by atoms with Crippen LogP contribution in [0.25, 0.3) is 0 Å². The van der Waals surface area contributed by atoms with E-state index in [0.717, 1.165) is 25.7 Å². The molecule has 4 heteroatoms. The number of hydrogen-bond donors (Lipinski definition) is 1. The van der Waals surface area contributed by atoms with Gasteiger partial charge in [0.25, 0.3) is 5.91 Å². The number of nitrogens with zero attached hydrogens (tertiary/aromatic N) is 1. The zero-order valence-electron chi connectivity index (χ0n) is 10.1. The molecule has 18 heavy (non-hydrogen) atoms. The summed E-state index contributed by atoms with van der Waals surface area (Å²) in [5.41, 5.74) is 0.684. The Hall–Kier alpha value is -1.47. The first-order valence-corrected chi connectivity index (χ1v) is 7.10. The van der Waals surface area contributed by atoms with Crippen molar-refractivity contribution in [3.8, 4) is 5.40 Å². The van der Waals surface area contributed by atoms with Crippen LogP contribution >= 0.6 is 11.8 Å². The second-order valence-corrected chi connectivity index (χ2v) is 5.50. The molecule has 0 aromatic heterocycles. The van der Waals surface area contributed by atoms with Gasteiger partial charge in [-0.1, -0.05) is 31.0 Å². The van der Waals surface area contributed by atoms with Crippen LogP contribution in [0, 0.1) is 10.7 Å². The van der Waals surface area contributed by atoms with Crippen LogP contribution in [0.15, 0.2) is 30.3 Å². The van der Waals surface area contributed by atoms with E-state index in [9.17, 15) is 4.79 Å². The molecule has 0 radical (unpaired) electrons. The number of thiocyanates is 1. The van der Waals surface area contributed by atoms with Crippen LogP contribution in [0.5, 0.6) is 0 Å². The van der Waals surface area contributed by atoms with E-state index in [1.807, 2.05) is 30.3 Å². The predicted octanol–water partition coefficient (Wildman–Crippen LogP) is 2.94. The SMILES string of the molecule is N#CS[C@@H]1CCCC[C@H]1NC(=O)c1ccccc1. The fourth-order valence-corrected chi connectivity index (χ4v) is 3.10. The van der Waals surface area contributed by atoms with Crippen LogP contribution in [0.1, 0.15) is 36.0 Å². The number of amides is 1. The number of benzene rings is 1. The van der Waals surface area contributed by atoms with E-state index in [1.165, 1.54) is 11.8 Å². The Morgan fingerprint density at radius 3 is 2.72 bits per heavy atom. The molecule has 2 atom stereocenters. The quantitative estimate of drug-likeness (QED) is 0.850. The summed E-state index contributed by atoms with van der Waals surface area (Å²) < 4.78 is 0. The zero-order valence-corrected chi connectivity index (χ0v) is 11.0. The summed E-state index contributed by atoms with van der Waals surface area (Å²) in [6.07, 6.45) is 4.26. The largest absolute Gasteiger partial charge is 0.348 e. The molecule has 2 rings (SSSR count). The Bertz CT molecular complexity index is 441. The van der Waals surface area contributed by atoms with Gasteiger partial charge in [0, 0.05) is 16.9 Å². The standard InChI is InChI=1S/C14H16N2OS/c15-10-18-13-9-5-4-8-12(13)16-14(17)11-6-2-1-3-7-11/h1-3,6-7,12-13H,4-5,8-9H2,(H,16,17)/t12-,13-/m1/s1. The van der Waals surface area contributed by atoms with Crippen molar-refractivity contribution in [2.24, 2.45) is 0 Å². The number of nitriles is 1. The summed E-state index contributed by atoms with van der Waals surface area (Å²) in [7, 11) is 0. The van der Waals surface area contributed by atoms with E-state index in [-0.39, 0.29) is 17.2 Å². The molecule has 0 saturated heterocycles. The minimum absolute atomic E-state index is 0.0361. The molecule has 1 amide bonds. The van der Waals surface area contributed by atoms with Crippen LogP contribution in [0.3, 0.4) is 0 Å². The van der Waals surface area contributed by atoms with Crippen molar-refractivity contribution in [2.75, 3.05) is 0 Å². The molecule has 0 bridgehead atoms. The van der Waals surface area contributed by atoms with E-state index in [4.69, 9.17) is 5.26 Å². The third-order valence-corrected chi connectivity index (χ3v) is 4.23. The summed E-state index contributed by atoms with van der Waals surface area (Å²) in [6, 6.07) is 9.35. The molecular weight excluding hydrogens is 244 g/mol. The number of thioether (sulfide) groups is 1. The van der Waals surface area contributed by atoms with Gasteiger partial charge < -0.3 is 5.32 Å². The second kappa shape index (κ2) is 6.46. The third kappa shape index (κ3) is 3.27. The Balaban J connectivity index is 1.99. The Morgan fingerprint density at radius 1 is 1.28 bits per heavy atom. The number of hydrogen-bond acceptors (Lipinski definition) is 3. The molecular formula is C14H16N2OS. The molecule has 3 nitrogen and oxygen atoms in total. The van der Waals surface area contributed by atoms with E-state index in [2.05, 4.69) is 10.7 Å². The van der Waals surface area contributed by atoms with Gasteiger partial charge in [0.2, 0.25) is 0 Å². The van der Waals surface area contributed by atoms with Crippen LogP contribution < -0.4 is 5.32 Å². The summed E-state index contributed by atoms with van der Waals surface area (Å²) in [5.74, 6) is -0.0361. The smallest absolute Gasteiger partial charge is 0.251 e. The molecule has 1 aliphatic rings. The lowest BCUT2D eigenvalue weighted by Crippen LogP contribution is -2.43. The first kappa shape index (κ1) is 13.0. The molecule has 1 aliphatic carbocycles. The second-order valence-electron chi connectivity index (χ2n) is 4.48. The lowest BCUT2D eigenvalue weighted by atomic mass is 9.94. The lowest BCUT2D eigenvalue weighted by molar-refractivity contribution is 0.0929. The van der Waals surface area contributed by atoms with Crippen LogP contribution in [0.2, 0.25) is 0 Å². The van der Waals surface area contributed by atoms with Crippen LogP contribution in [-0.4, -0.2) is 17.2 Å². The summed E-state index contributed by atoms with van der Waals surface area (Å²) in [6.45, 7) is 0. The van der Waals surface area contributed by atoms with Gasteiger partial charge in [-0.25, -0.2) is 0 Å². The number of nitrogens with one attached hydrogen (secondary N) is 1. The predicted molar refractivity (Wildman–Crippen MR) is 73.2 cm³/mol. The van der Waals surface area contributed by atoms with Gasteiger partial charge in [0.15, 0.2) is 0 Å². The van der Waals surface area contributed by atoms with Gasteiger partial charge in [-0.3, -0.25) is 4.79 Å². The molecule has 0 spiro atoms. The van der Waals surface area contributed by atoms with Gasteiger partial charge >= 0.3 is 0 Å². The Labute approximate surface area is 112 Å². The molecule has 1 N–H and O–H groups in total.